The molecule has 0 radical (unpaired) electrons. The maximum atomic E-state index is 11.6. The van der Waals surface area contributed by atoms with Crippen molar-refractivity contribution in [3.05, 3.63) is 59.5 Å². The highest BCUT2D eigenvalue weighted by molar-refractivity contribution is 5.81. The van der Waals surface area contributed by atoms with E-state index in [4.69, 9.17) is 4.42 Å². The van der Waals surface area contributed by atoms with Crippen LogP contribution in [-0.2, 0) is 11.2 Å². The number of hydrazone groups is 1. The van der Waals surface area contributed by atoms with E-state index in [1.165, 1.54) is 11.8 Å². The van der Waals surface area contributed by atoms with Gasteiger partial charge >= 0.3 is 0 Å². The second-order valence-corrected chi connectivity index (χ2v) is 3.97. The topological polar surface area (TPSA) is 54.6 Å². The zero-order chi connectivity index (χ0) is 12.8. The zero-order valence-corrected chi connectivity index (χ0v) is 10.1. The Morgan fingerprint density at radius 3 is 2.78 bits per heavy atom. The SMILES string of the molecule is Cc1ccc(CC(=O)N/N=C\c2ccco2)cc1. The molecule has 0 aliphatic rings. The molecule has 0 fully saturated rings. The van der Waals surface area contributed by atoms with Crippen LogP contribution < -0.4 is 5.43 Å². The van der Waals surface area contributed by atoms with Crippen LogP contribution in [0.2, 0.25) is 0 Å². The Balaban J connectivity index is 1.84. The Morgan fingerprint density at radius 2 is 2.11 bits per heavy atom. The van der Waals surface area contributed by atoms with Gasteiger partial charge in [0.05, 0.1) is 18.9 Å². The smallest absolute Gasteiger partial charge is 0.244 e. The van der Waals surface area contributed by atoms with E-state index in [0.29, 0.717) is 12.2 Å². The van der Waals surface area contributed by atoms with Crippen molar-refractivity contribution in [3.8, 4) is 0 Å². The van der Waals surface area contributed by atoms with Gasteiger partial charge in [-0.05, 0) is 24.6 Å². The predicted octanol–water partition coefficient (Wildman–Crippen LogP) is 2.28. The van der Waals surface area contributed by atoms with E-state index < -0.39 is 0 Å². The maximum absolute atomic E-state index is 11.6. The minimum Gasteiger partial charge on any atom is -0.463 e. The number of hydrogen-bond donors (Lipinski definition) is 1. The lowest BCUT2D eigenvalue weighted by Crippen LogP contribution is -2.19. The molecule has 1 aromatic carbocycles. The van der Waals surface area contributed by atoms with E-state index in [-0.39, 0.29) is 5.91 Å². The second-order valence-electron chi connectivity index (χ2n) is 3.97. The number of benzene rings is 1. The van der Waals surface area contributed by atoms with Gasteiger partial charge in [0.25, 0.3) is 0 Å². The molecular formula is C14H14N2O2. The Bertz CT molecular complexity index is 527. The third kappa shape index (κ3) is 3.59. The van der Waals surface area contributed by atoms with Crippen molar-refractivity contribution in [1.29, 1.82) is 0 Å². The lowest BCUT2D eigenvalue weighted by molar-refractivity contribution is -0.120. The van der Waals surface area contributed by atoms with Crippen molar-refractivity contribution in [1.82, 2.24) is 5.43 Å². The quantitative estimate of drug-likeness (QED) is 0.660. The Morgan fingerprint density at radius 1 is 1.33 bits per heavy atom. The van der Waals surface area contributed by atoms with Crippen LogP contribution in [0.25, 0.3) is 0 Å². The van der Waals surface area contributed by atoms with Crippen molar-refractivity contribution in [2.75, 3.05) is 0 Å². The number of nitrogens with zero attached hydrogens (tertiary/aromatic N) is 1. The maximum Gasteiger partial charge on any atom is 0.244 e. The molecule has 1 amide bonds. The van der Waals surface area contributed by atoms with Gasteiger partial charge in [0.15, 0.2) is 0 Å². The minimum atomic E-state index is -0.151. The van der Waals surface area contributed by atoms with Crippen molar-refractivity contribution in [2.45, 2.75) is 13.3 Å². The predicted molar refractivity (Wildman–Crippen MR) is 69.3 cm³/mol. The molecule has 2 rings (SSSR count). The molecule has 0 aliphatic carbocycles. The van der Waals surface area contributed by atoms with Gasteiger partial charge in [0.1, 0.15) is 5.76 Å². The average molecular weight is 242 g/mol. The van der Waals surface area contributed by atoms with Crippen LogP contribution >= 0.6 is 0 Å². The summed E-state index contributed by atoms with van der Waals surface area (Å²) in [5, 5.41) is 3.81. The van der Waals surface area contributed by atoms with Crippen LogP contribution in [0.3, 0.4) is 0 Å². The summed E-state index contributed by atoms with van der Waals surface area (Å²) in [6.45, 7) is 2.01. The highest BCUT2D eigenvalue weighted by Crippen LogP contribution is 2.03. The van der Waals surface area contributed by atoms with Crippen molar-refractivity contribution >= 4 is 12.1 Å². The molecule has 1 aromatic heterocycles. The lowest BCUT2D eigenvalue weighted by Gasteiger charge is -2.00. The zero-order valence-electron chi connectivity index (χ0n) is 10.1. The fourth-order valence-corrected chi connectivity index (χ4v) is 1.46. The first-order valence-corrected chi connectivity index (χ1v) is 5.65. The van der Waals surface area contributed by atoms with Crippen LogP contribution in [0.4, 0.5) is 0 Å². The van der Waals surface area contributed by atoms with E-state index >= 15 is 0 Å². The number of hydrogen-bond acceptors (Lipinski definition) is 3. The van der Waals surface area contributed by atoms with Gasteiger partial charge in [-0.15, -0.1) is 0 Å². The van der Waals surface area contributed by atoms with Gasteiger partial charge in [0, 0.05) is 0 Å². The van der Waals surface area contributed by atoms with Gasteiger partial charge in [0.2, 0.25) is 5.91 Å². The van der Waals surface area contributed by atoms with Crippen molar-refractivity contribution < 1.29 is 9.21 Å². The summed E-state index contributed by atoms with van der Waals surface area (Å²) in [7, 11) is 0. The van der Waals surface area contributed by atoms with Crippen LogP contribution in [0.15, 0.2) is 52.2 Å². The first-order valence-electron chi connectivity index (χ1n) is 5.65. The van der Waals surface area contributed by atoms with Gasteiger partial charge in [-0.25, -0.2) is 5.43 Å². The number of aryl methyl sites for hydroxylation is 1. The van der Waals surface area contributed by atoms with Gasteiger partial charge < -0.3 is 4.42 Å². The molecule has 1 N–H and O–H groups in total. The van der Waals surface area contributed by atoms with E-state index in [0.717, 1.165) is 5.56 Å². The number of furan rings is 1. The van der Waals surface area contributed by atoms with Crippen molar-refractivity contribution in [2.24, 2.45) is 5.10 Å². The molecule has 4 heteroatoms. The molecule has 0 aliphatic heterocycles. The third-order valence-electron chi connectivity index (χ3n) is 2.41. The normalized spacial score (nSPS) is 10.7. The molecule has 0 saturated heterocycles. The molecule has 0 atom stereocenters. The molecule has 0 spiro atoms. The fourth-order valence-electron chi connectivity index (χ4n) is 1.46. The van der Waals surface area contributed by atoms with Crippen LogP contribution in [0, 0.1) is 6.92 Å². The van der Waals surface area contributed by atoms with Crippen molar-refractivity contribution in [3.63, 3.8) is 0 Å². The summed E-state index contributed by atoms with van der Waals surface area (Å²) in [6, 6.07) is 11.4. The molecule has 2 aromatic rings. The second kappa shape index (κ2) is 5.82. The first kappa shape index (κ1) is 12.1. The molecule has 4 nitrogen and oxygen atoms in total. The number of carbonyl (C=O) groups is 1. The van der Waals surface area contributed by atoms with E-state index in [9.17, 15) is 4.79 Å². The molecular weight excluding hydrogens is 228 g/mol. The summed E-state index contributed by atoms with van der Waals surface area (Å²) in [5.74, 6) is 0.451. The number of nitrogens with one attached hydrogen (secondary N) is 1. The van der Waals surface area contributed by atoms with Gasteiger partial charge in [-0.1, -0.05) is 29.8 Å². The highest BCUT2D eigenvalue weighted by atomic mass is 16.3. The summed E-state index contributed by atoms with van der Waals surface area (Å²) >= 11 is 0. The number of rotatable bonds is 4. The summed E-state index contributed by atoms with van der Waals surface area (Å²) < 4.78 is 5.05. The highest BCUT2D eigenvalue weighted by Gasteiger charge is 2.01. The monoisotopic (exact) mass is 242 g/mol. The van der Waals surface area contributed by atoms with E-state index in [1.54, 1.807) is 18.4 Å². The first-order chi connectivity index (χ1) is 8.74. The Kier molecular flexibility index (Phi) is 3.91. The summed E-state index contributed by atoms with van der Waals surface area (Å²) in [6.07, 6.45) is 3.33. The summed E-state index contributed by atoms with van der Waals surface area (Å²) in [5.41, 5.74) is 4.59. The van der Waals surface area contributed by atoms with Crippen LogP contribution in [0.1, 0.15) is 16.9 Å². The fraction of sp³-hybridized carbons (Fsp3) is 0.143. The Labute approximate surface area is 105 Å². The largest absolute Gasteiger partial charge is 0.463 e. The molecule has 18 heavy (non-hydrogen) atoms. The standard InChI is InChI=1S/C14H14N2O2/c1-11-4-6-12(7-5-11)9-14(17)16-15-10-13-3-2-8-18-13/h2-8,10H,9H2,1H3,(H,16,17)/b15-10-. The number of carbonyl (C=O) groups excluding carboxylic acids is 1. The average Bonchev–Trinajstić information content (AvgIpc) is 2.85. The molecule has 0 unspecified atom stereocenters. The van der Waals surface area contributed by atoms with E-state index in [1.807, 2.05) is 31.2 Å². The molecule has 1 heterocycles. The summed E-state index contributed by atoms with van der Waals surface area (Å²) in [4.78, 5) is 11.6. The Hall–Kier alpha value is -2.36. The number of amides is 1. The van der Waals surface area contributed by atoms with E-state index in [2.05, 4.69) is 10.5 Å². The van der Waals surface area contributed by atoms with Gasteiger partial charge in [-0.3, -0.25) is 4.79 Å². The minimum absolute atomic E-state index is 0.151. The molecule has 92 valence electrons. The lowest BCUT2D eigenvalue weighted by atomic mass is 10.1. The van der Waals surface area contributed by atoms with Crippen LogP contribution in [0.5, 0.6) is 0 Å². The van der Waals surface area contributed by atoms with Crippen LogP contribution in [-0.4, -0.2) is 12.1 Å². The molecule has 0 saturated carbocycles. The van der Waals surface area contributed by atoms with Gasteiger partial charge in [-0.2, -0.15) is 5.10 Å². The third-order valence-corrected chi connectivity index (χ3v) is 2.41. The molecule has 0 bridgehead atoms.